The maximum Gasteiger partial charge on any atom is 0.291 e. The van der Waals surface area contributed by atoms with Crippen molar-refractivity contribution in [3.8, 4) is 5.75 Å². The third kappa shape index (κ3) is 4.01. The van der Waals surface area contributed by atoms with Gasteiger partial charge in [0.15, 0.2) is 5.82 Å². The maximum atomic E-state index is 12.8. The first-order valence-electron chi connectivity index (χ1n) is 10.8. The number of anilines is 1. The van der Waals surface area contributed by atoms with Gasteiger partial charge in [-0.15, -0.1) is 0 Å². The van der Waals surface area contributed by atoms with E-state index in [1.165, 1.54) is 22.9 Å². The number of rotatable bonds is 4. The molecule has 0 amide bonds. The second kappa shape index (κ2) is 8.87. The number of fused-ring (bicyclic) bond motifs is 1. The Morgan fingerprint density at radius 1 is 1.21 bits per heavy atom. The lowest BCUT2D eigenvalue weighted by molar-refractivity contribution is 0.186. The van der Waals surface area contributed by atoms with Crippen LogP contribution < -0.4 is 20.9 Å². The average molecular weight is 503 g/mol. The van der Waals surface area contributed by atoms with Crippen molar-refractivity contribution in [2.45, 2.75) is 35.2 Å². The number of methoxy groups -OCH3 is 1. The number of aromatic amines is 1. The molecule has 1 fully saturated rings. The molecule has 1 saturated heterocycles. The van der Waals surface area contributed by atoms with E-state index in [4.69, 9.17) is 33.7 Å². The van der Waals surface area contributed by atoms with Crippen LogP contribution in [-0.4, -0.2) is 30.2 Å². The molecule has 3 N–H and O–H groups in total. The highest BCUT2D eigenvalue weighted by molar-refractivity contribution is 7.99. The van der Waals surface area contributed by atoms with Crippen LogP contribution in [0.25, 0.3) is 0 Å². The number of nitrogens with one attached hydrogen (secondary N) is 1. The molecule has 6 nitrogen and oxygen atoms in total. The van der Waals surface area contributed by atoms with E-state index >= 15 is 0 Å². The first-order chi connectivity index (χ1) is 15.9. The minimum Gasteiger partial charge on any atom is -0.496 e. The Labute approximate surface area is 206 Å². The van der Waals surface area contributed by atoms with Gasteiger partial charge in [-0.05, 0) is 54.0 Å². The summed E-state index contributed by atoms with van der Waals surface area (Å²) in [6, 6.07) is 11.5. The SMILES string of the molecule is COc1cccc2c1CC1(CCN(c3ncc(Sc4cccc(Cl)c4Cl)[nH]c3=O)CC1)[C@@H]2N. The number of piperidine rings is 1. The van der Waals surface area contributed by atoms with Gasteiger partial charge in [-0.25, -0.2) is 4.98 Å². The van der Waals surface area contributed by atoms with Crippen LogP contribution >= 0.6 is 35.0 Å². The summed E-state index contributed by atoms with van der Waals surface area (Å²) in [5, 5.41) is 1.54. The molecule has 1 aliphatic heterocycles. The molecule has 0 unspecified atom stereocenters. The fraction of sp³-hybridized carbons (Fsp3) is 0.333. The van der Waals surface area contributed by atoms with E-state index in [-0.39, 0.29) is 17.0 Å². The van der Waals surface area contributed by atoms with E-state index in [1.807, 2.05) is 24.3 Å². The molecule has 2 aliphatic rings. The first kappa shape index (κ1) is 22.6. The Balaban J connectivity index is 1.31. The molecule has 1 aliphatic carbocycles. The van der Waals surface area contributed by atoms with E-state index in [9.17, 15) is 4.79 Å². The van der Waals surface area contributed by atoms with E-state index in [0.29, 0.717) is 20.9 Å². The molecule has 0 bridgehead atoms. The zero-order chi connectivity index (χ0) is 23.2. The molecule has 2 aromatic carbocycles. The van der Waals surface area contributed by atoms with E-state index < -0.39 is 0 Å². The van der Waals surface area contributed by atoms with E-state index in [1.54, 1.807) is 19.4 Å². The summed E-state index contributed by atoms with van der Waals surface area (Å²) in [7, 11) is 1.70. The fourth-order valence-corrected chi connectivity index (χ4v) is 6.34. The summed E-state index contributed by atoms with van der Waals surface area (Å²) < 4.78 is 5.57. The van der Waals surface area contributed by atoms with Crippen molar-refractivity contribution in [1.82, 2.24) is 9.97 Å². The number of ether oxygens (including phenoxy) is 1. The van der Waals surface area contributed by atoms with Crippen molar-refractivity contribution in [3.05, 3.63) is 74.1 Å². The Hall–Kier alpha value is -2.19. The third-order valence-electron chi connectivity index (χ3n) is 6.85. The van der Waals surface area contributed by atoms with Crippen molar-refractivity contribution >= 4 is 40.8 Å². The summed E-state index contributed by atoms with van der Waals surface area (Å²) >= 11 is 13.7. The topological polar surface area (TPSA) is 84.2 Å². The zero-order valence-electron chi connectivity index (χ0n) is 18.1. The quantitative estimate of drug-likeness (QED) is 0.517. The van der Waals surface area contributed by atoms with Gasteiger partial charge in [-0.1, -0.05) is 53.2 Å². The lowest BCUT2D eigenvalue weighted by atomic mass is 9.73. The Morgan fingerprint density at radius 3 is 2.70 bits per heavy atom. The van der Waals surface area contributed by atoms with Gasteiger partial charge < -0.3 is 20.4 Å². The molecule has 5 rings (SSSR count). The molecule has 1 atom stereocenters. The van der Waals surface area contributed by atoms with Gasteiger partial charge in [0, 0.05) is 24.0 Å². The normalized spacial score (nSPS) is 19.0. The molecular formula is C24H24Cl2N4O2S. The maximum absolute atomic E-state index is 12.8. The summed E-state index contributed by atoms with van der Waals surface area (Å²) in [6.45, 7) is 1.46. The summed E-state index contributed by atoms with van der Waals surface area (Å²) in [4.78, 5) is 23.1. The highest BCUT2D eigenvalue weighted by atomic mass is 35.5. The predicted molar refractivity (Wildman–Crippen MR) is 133 cm³/mol. The van der Waals surface area contributed by atoms with Crippen LogP contribution in [0.15, 0.2) is 57.3 Å². The van der Waals surface area contributed by atoms with Crippen molar-refractivity contribution in [1.29, 1.82) is 0 Å². The molecule has 33 heavy (non-hydrogen) atoms. The van der Waals surface area contributed by atoms with Crippen LogP contribution in [-0.2, 0) is 6.42 Å². The number of nitrogens with two attached hydrogens (primary N) is 1. The number of aromatic nitrogens is 2. The standard InChI is InChI=1S/C24H24Cl2N4O2S/c1-32-17-6-2-4-14-15(17)12-24(21(14)27)8-10-30(11-9-24)22-23(31)29-19(13-28-22)33-18-7-3-5-16(25)20(18)26/h2-7,13,21H,8-12,27H2,1H3,(H,29,31)/t21-/m1/s1. The molecule has 2 heterocycles. The van der Waals surface area contributed by atoms with Crippen LogP contribution in [0.5, 0.6) is 5.75 Å². The number of halogens is 2. The first-order valence-corrected chi connectivity index (χ1v) is 12.4. The Morgan fingerprint density at radius 2 is 1.97 bits per heavy atom. The molecule has 1 aromatic heterocycles. The molecule has 3 aromatic rings. The van der Waals surface area contributed by atoms with Crippen LogP contribution in [0.2, 0.25) is 10.0 Å². The van der Waals surface area contributed by atoms with Gasteiger partial charge in [-0.2, -0.15) is 0 Å². The van der Waals surface area contributed by atoms with Gasteiger partial charge in [0.25, 0.3) is 5.56 Å². The lowest BCUT2D eigenvalue weighted by Crippen LogP contribution is -2.46. The van der Waals surface area contributed by atoms with Crippen molar-refractivity contribution in [3.63, 3.8) is 0 Å². The van der Waals surface area contributed by atoms with E-state index in [0.717, 1.165) is 43.0 Å². The highest BCUT2D eigenvalue weighted by Crippen LogP contribution is 2.53. The summed E-state index contributed by atoms with van der Waals surface area (Å²) in [6.07, 6.45) is 4.36. The van der Waals surface area contributed by atoms with Crippen LogP contribution in [0.3, 0.4) is 0 Å². The smallest absolute Gasteiger partial charge is 0.291 e. The van der Waals surface area contributed by atoms with E-state index in [2.05, 4.69) is 20.9 Å². The zero-order valence-corrected chi connectivity index (χ0v) is 20.4. The second-order valence-electron chi connectivity index (χ2n) is 8.59. The predicted octanol–water partition coefficient (Wildman–Crippen LogP) is 5.08. The third-order valence-corrected chi connectivity index (χ3v) is 8.77. The fourth-order valence-electron chi connectivity index (χ4n) is 5.03. The largest absolute Gasteiger partial charge is 0.496 e. The van der Waals surface area contributed by atoms with Crippen LogP contribution in [0, 0.1) is 5.41 Å². The molecule has 9 heteroatoms. The number of nitrogens with zero attached hydrogens (tertiary/aromatic N) is 2. The van der Waals surface area contributed by atoms with Gasteiger partial charge in [0.05, 0.1) is 28.4 Å². The molecule has 0 saturated carbocycles. The number of benzene rings is 2. The second-order valence-corrected chi connectivity index (χ2v) is 10.5. The number of H-pyrrole nitrogens is 1. The van der Waals surface area contributed by atoms with Gasteiger partial charge in [0.1, 0.15) is 5.75 Å². The van der Waals surface area contributed by atoms with Crippen LogP contribution in [0.1, 0.15) is 30.0 Å². The molecule has 1 spiro atoms. The monoisotopic (exact) mass is 502 g/mol. The minimum absolute atomic E-state index is 0.0145. The van der Waals surface area contributed by atoms with Gasteiger partial charge >= 0.3 is 0 Å². The molecule has 0 radical (unpaired) electrons. The van der Waals surface area contributed by atoms with Crippen LogP contribution in [0.4, 0.5) is 5.82 Å². The average Bonchev–Trinajstić information content (AvgIpc) is 3.09. The molecule has 172 valence electrons. The van der Waals surface area contributed by atoms with Crippen molar-refractivity contribution in [2.24, 2.45) is 11.1 Å². The van der Waals surface area contributed by atoms with Crippen molar-refractivity contribution in [2.75, 3.05) is 25.1 Å². The number of hydrogen-bond acceptors (Lipinski definition) is 6. The highest BCUT2D eigenvalue weighted by Gasteiger charge is 2.47. The molecular weight excluding hydrogens is 479 g/mol. The van der Waals surface area contributed by atoms with Gasteiger partial charge in [0.2, 0.25) is 0 Å². The summed E-state index contributed by atoms with van der Waals surface area (Å²) in [5.41, 5.74) is 8.90. The summed E-state index contributed by atoms with van der Waals surface area (Å²) in [5.74, 6) is 1.35. The number of hydrogen-bond donors (Lipinski definition) is 2. The Kier molecular flexibility index (Phi) is 6.07. The van der Waals surface area contributed by atoms with Crippen molar-refractivity contribution < 1.29 is 4.74 Å². The van der Waals surface area contributed by atoms with Gasteiger partial charge in [-0.3, -0.25) is 4.79 Å². The Bertz CT molecular complexity index is 1260. The minimum atomic E-state index is -0.213. The lowest BCUT2D eigenvalue weighted by Gasteiger charge is -2.42.